The van der Waals surface area contributed by atoms with Crippen LogP contribution < -0.4 is 20.3 Å². The topological polar surface area (TPSA) is 107 Å². The van der Waals surface area contributed by atoms with Crippen molar-refractivity contribution >= 4 is 21.6 Å². The summed E-state index contributed by atoms with van der Waals surface area (Å²) in [5.74, 6) is 0.653. The van der Waals surface area contributed by atoms with Gasteiger partial charge in [0.25, 0.3) is 5.56 Å². The van der Waals surface area contributed by atoms with Crippen LogP contribution in [0.4, 0.5) is 5.69 Å². The number of benzene rings is 1. The zero-order valence-corrected chi connectivity index (χ0v) is 16.6. The third-order valence-corrected chi connectivity index (χ3v) is 6.93. The molecule has 2 aliphatic rings. The molecule has 154 valence electrons. The van der Waals surface area contributed by atoms with Crippen LogP contribution in [0.5, 0.6) is 11.5 Å². The van der Waals surface area contributed by atoms with Gasteiger partial charge >= 0.3 is 0 Å². The van der Waals surface area contributed by atoms with Crippen LogP contribution in [0.15, 0.2) is 46.2 Å². The van der Waals surface area contributed by atoms with Crippen molar-refractivity contribution < 1.29 is 22.7 Å². The predicted molar refractivity (Wildman–Crippen MR) is 105 cm³/mol. The first-order chi connectivity index (χ1) is 13.9. The van der Waals surface area contributed by atoms with E-state index < -0.39 is 27.5 Å². The Balaban J connectivity index is 1.57. The summed E-state index contributed by atoms with van der Waals surface area (Å²) in [7, 11) is -3.69. The van der Waals surface area contributed by atoms with Crippen molar-refractivity contribution in [2.75, 3.05) is 25.2 Å². The number of fused-ring (bicyclic) bond motifs is 1. The van der Waals surface area contributed by atoms with Gasteiger partial charge in [-0.1, -0.05) is 0 Å². The molecule has 1 fully saturated rings. The van der Waals surface area contributed by atoms with Gasteiger partial charge in [0.1, 0.15) is 6.04 Å². The average Bonchev–Trinajstić information content (AvgIpc) is 3.39. The van der Waals surface area contributed by atoms with Crippen LogP contribution >= 0.6 is 0 Å². The summed E-state index contributed by atoms with van der Waals surface area (Å²) in [5.41, 5.74) is 0.0266. The van der Waals surface area contributed by atoms with Crippen molar-refractivity contribution in [2.45, 2.75) is 30.7 Å². The minimum atomic E-state index is -3.69. The number of ether oxygens (including phenoxy) is 2. The van der Waals surface area contributed by atoms with E-state index in [-0.39, 0.29) is 11.7 Å². The second kappa shape index (κ2) is 7.53. The maximum absolute atomic E-state index is 12.8. The van der Waals surface area contributed by atoms with E-state index in [4.69, 9.17) is 9.47 Å². The Labute approximate surface area is 167 Å². The van der Waals surface area contributed by atoms with Gasteiger partial charge < -0.3 is 19.4 Å². The van der Waals surface area contributed by atoms with Gasteiger partial charge in [-0.25, -0.2) is 8.42 Å². The molecular formula is C19H21N3O6S. The third kappa shape index (κ3) is 3.73. The minimum Gasteiger partial charge on any atom is -0.454 e. The molecule has 0 bridgehead atoms. The highest BCUT2D eigenvalue weighted by Crippen LogP contribution is 2.34. The maximum atomic E-state index is 12.8. The van der Waals surface area contributed by atoms with E-state index in [0.717, 1.165) is 17.4 Å². The summed E-state index contributed by atoms with van der Waals surface area (Å²) in [5, 5.41) is 2.72. The molecule has 4 rings (SSSR count). The molecule has 1 aromatic carbocycles. The number of rotatable bonds is 5. The van der Waals surface area contributed by atoms with E-state index in [1.807, 2.05) is 0 Å². The number of aromatic nitrogens is 1. The van der Waals surface area contributed by atoms with Crippen molar-refractivity contribution in [3.05, 3.63) is 46.9 Å². The third-order valence-electron chi connectivity index (χ3n) is 5.05. The number of nitrogens with one attached hydrogen (secondary N) is 1. The normalized spacial score (nSPS) is 17.3. The fourth-order valence-corrected chi connectivity index (χ4v) is 4.89. The van der Waals surface area contributed by atoms with E-state index in [1.165, 1.54) is 29.6 Å². The van der Waals surface area contributed by atoms with Crippen molar-refractivity contribution in [3.8, 4) is 11.5 Å². The van der Waals surface area contributed by atoms with Crippen LogP contribution in [-0.4, -0.2) is 43.1 Å². The first-order valence-corrected chi connectivity index (χ1v) is 10.7. The number of sulfonamides is 1. The van der Waals surface area contributed by atoms with Crippen LogP contribution in [0.1, 0.15) is 25.8 Å². The van der Waals surface area contributed by atoms with Gasteiger partial charge in [-0.3, -0.25) is 9.59 Å². The molecule has 0 spiro atoms. The van der Waals surface area contributed by atoms with Crippen LogP contribution in [0.25, 0.3) is 0 Å². The minimum absolute atomic E-state index is 0.00160. The fourth-order valence-electron chi connectivity index (χ4n) is 3.36. The number of carbonyl (C=O) groups is 1. The second-order valence-corrected chi connectivity index (χ2v) is 8.89. The van der Waals surface area contributed by atoms with E-state index in [2.05, 4.69) is 5.32 Å². The fraction of sp³-hybridized carbons (Fsp3) is 0.368. The summed E-state index contributed by atoms with van der Waals surface area (Å²) >= 11 is 0. The van der Waals surface area contributed by atoms with Gasteiger partial charge in [-0.15, -0.1) is 0 Å². The number of carbonyl (C=O) groups excluding carboxylic acids is 1. The van der Waals surface area contributed by atoms with Gasteiger partial charge in [0.2, 0.25) is 22.7 Å². The SMILES string of the molecule is CC(C(=O)Nc1ccc2c(c1)OCO2)n1cc(S(=O)(=O)N2CCCC2)ccc1=O. The summed E-state index contributed by atoms with van der Waals surface area (Å²) in [4.78, 5) is 25.0. The Bertz CT molecular complexity index is 1110. The van der Waals surface area contributed by atoms with Crippen molar-refractivity contribution in [3.63, 3.8) is 0 Å². The standard InChI is InChI=1S/C19H21N3O6S/c1-13(19(24)20-14-4-6-16-17(10-14)28-12-27-16)22-11-15(5-7-18(22)23)29(25,26)21-8-2-3-9-21/h4-7,10-11,13H,2-3,8-9,12H2,1H3,(H,20,24). The summed E-state index contributed by atoms with van der Waals surface area (Å²) in [6.45, 7) is 2.58. The lowest BCUT2D eigenvalue weighted by Crippen LogP contribution is -2.33. The molecule has 3 heterocycles. The number of amides is 1. The highest BCUT2D eigenvalue weighted by Gasteiger charge is 2.28. The molecule has 29 heavy (non-hydrogen) atoms. The molecule has 0 aliphatic carbocycles. The molecule has 2 aliphatic heterocycles. The quantitative estimate of drug-likeness (QED) is 0.788. The Morgan fingerprint density at radius 2 is 1.83 bits per heavy atom. The number of hydrogen-bond donors (Lipinski definition) is 1. The largest absolute Gasteiger partial charge is 0.454 e. The molecule has 1 saturated heterocycles. The Hall–Kier alpha value is -2.85. The highest BCUT2D eigenvalue weighted by atomic mass is 32.2. The summed E-state index contributed by atoms with van der Waals surface area (Å²) in [6.07, 6.45) is 2.86. The molecule has 1 unspecified atom stereocenters. The molecule has 1 N–H and O–H groups in total. The van der Waals surface area contributed by atoms with Crippen molar-refractivity contribution in [1.29, 1.82) is 0 Å². The smallest absolute Gasteiger partial charge is 0.251 e. The van der Waals surface area contributed by atoms with Crippen LogP contribution in [-0.2, 0) is 14.8 Å². The number of nitrogens with zero attached hydrogens (tertiary/aromatic N) is 2. The number of pyridine rings is 1. The van der Waals surface area contributed by atoms with Crippen LogP contribution in [0, 0.1) is 0 Å². The zero-order chi connectivity index (χ0) is 20.6. The second-order valence-electron chi connectivity index (χ2n) is 6.95. The van der Waals surface area contributed by atoms with Gasteiger partial charge in [0.15, 0.2) is 11.5 Å². The lowest BCUT2D eigenvalue weighted by atomic mass is 10.2. The molecule has 1 amide bonds. The van der Waals surface area contributed by atoms with E-state index >= 15 is 0 Å². The van der Waals surface area contributed by atoms with E-state index in [9.17, 15) is 18.0 Å². The first-order valence-electron chi connectivity index (χ1n) is 9.29. The molecule has 9 nitrogen and oxygen atoms in total. The van der Waals surface area contributed by atoms with Crippen molar-refractivity contribution in [2.24, 2.45) is 0 Å². The zero-order valence-electron chi connectivity index (χ0n) is 15.8. The maximum Gasteiger partial charge on any atom is 0.251 e. The lowest BCUT2D eigenvalue weighted by Gasteiger charge is -2.19. The predicted octanol–water partition coefficient (Wildman–Crippen LogP) is 1.56. The van der Waals surface area contributed by atoms with E-state index in [0.29, 0.717) is 30.3 Å². The number of anilines is 1. The molecule has 2 aromatic rings. The monoisotopic (exact) mass is 419 g/mol. The Morgan fingerprint density at radius 3 is 2.59 bits per heavy atom. The molecule has 10 heteroatoms. The van der Waals surface area contributed by atoms with Crippen molar-refractivity contribution in [1.82, 2.24) is 8.87 Å². The van der Waals surface area contributed by atoms with Gasteiger partial charge in [0, 0.05) is 37.1 Å². The van der Waals surface area contributed by atoms with Gasteiger partial charge in [0.05, 0.1) is 4.90 Å². The first kappa shape index (κ1) is 19.5. The Kier molecular flexibility index (Phi) is 5.05. The molecule has 1 aromatic heterocycles. The summed E-state index contributed by atoms with van der Waals surface area (Å²) in [6, 6.07) is 6.51. The van der Waals surface area contributed by atoms with E-state index in [1.54, 1.807) is 18.2 Å². The van der Waals surface area contributed by atoms with Gasteiger partial charge in [-0.05, 0) is 38.0 Å². The molecule has 1 atom stereocenters. The average molecular weight is 419 g/mol. The van der Waals surface area contributed by atoms with Crippen LogP contribution in [0.2, 0.25) is 0 Å². The number of hydrogen-bond acceptors (Lipinski definition) is 6. The molecule has 0 saturated carbocycles. The highest BCUT2D eigenvalue weighted by molar-refractivity contribution is 7.89. The lowest BCUT2D eigenvalue weighted by molar-refractivity contribution is -0.118. The summed E-state index contributed by atoms with van der Waals surface area (Å²) < 4.78 is 38.6. The molecule has 0 radical (unpaired) electrons. The molecular weight excluding hydrogens is 398 g/mol. The van der Waals surface area contributed by atoms with Gasteiger partial charge in [-0.2, -0.15) is 4.31 Å². The van der Waals surface area contributed by atoms with Crippen LogP contribution in [0.3, 0.4) is 0 Å². The Morgan fingerprint density at radius 1 is 1.10 bits per heavy atom.